The van der Waals surface area contributed by atoms with Crippen molar-refractivity contribution in [3.05, 3.63) is 133 Å². The third-order valence-electron chi connectivity index (χ3n) is 4.89. The number of aromatic nitrogens is 3. The number of rotatable bonds is 3. The maximum atomic E-state index is 13.9. The number of benzene rings is 2. The van der Waals surface area contributed by atoms with E-state index in [4.69, 9.17) is 11.8 Å². The Balaban J connectivity index is 0.000000257. The van der Waals surface area contributed by atoms with Crippen LogP contribution in [0.3, 0.4) is 0 Å². The predicted octanol–water partition coefficient (Wildman–Crippen LogP) is 7.55. The SMILES string of the molecule is FC(F)(F)c1cc[c-]c(-c2ccccn2)c1.Fc1cc(F)c(-c2ccccn2)[c-]c1-c1ccccn1.[C-]#N.[Ir+3]. The smallest absolute Gasteiger partial charge is 0.512 e. The predicted molar refractivity (Wildman–Crippen MR) is 130 cm³/mol. The van der Waals surface area contributed by atoms with Gasteiger partial charge in [0.05, 0.1) is 11.6 Å². The Morgan fingerprint density at radius 2 is 1.13 bits per heavy atom. The minimum atomic E-state index is -4.33. The van der Waals surface area contributed by atoms with Crippen LogP contribution in [0.1, 0.15) is 5.56 Å². The van der Waals surface area contributed by atoms with Crippen molar-refractivity contribution in [2.75, 3.05) is 0 Å². The molecule has 0 aliphatic rings. The number of hydrogen-bond donors (Lipinski definition) is 0. The van der Waals surface area contributed by atoms with Crippen LogP contribution in [0.2, 0.25) is 0 Å². The molecule has 3 heterocycles. The molecule has 0 radical (unpaired) electrons. The van der Waals surface area contributed by atoms with Crippen molar-refractivity contribution in [3.8, 4) is 33.8 Å². The molecule has 3 aromatic heterocycles. The number of halogens is 5. The quantitative estimate of drug-likeness (QED) is 0.144. The topological polar surface area (TPSA) is 62.5 Å². The van der Waals surface area contributed by atoms with Crippen molar-refractivity contribution in [1.82, 2.24) is 15.0 Å². The zero-order chi connectivity index (χ0) is 27.5. The first-order valence-electron chi connectivity index (χ1n) is 10.8. The van der Waals surface area contributed by atoms with Gasteiger partial charge in [-0.05, 0) is 29.5 Å². The van der Waals surface area contributed by atoms with Crippen LogP contribution in [-0.2, 0) is 26.3 Å². The molecule has 0 saturated heterocycles. The summed E-state index contributed by atoms with van der Waals surface area (Å²) in [5.41, 5.74) is 1.21. The van der Waals surface area contributed by atoms with Crippen molar-refractivity contribution in [1.29, 1.82) is 5.26 Å². The van der Waals surface area contributed by atoms with Gasteiger partial charge in [0.2, 0.25) is 0 Å². The van der Waals surface area contributed by atoms with E-state index < -0.39 is 23.4 Å². The Labute approximate surface area is 235 Å². The largest absolute Gasteiger partial charge is 3.00 e. The molecule has 4 nitrogen and oxygen atoms in total. The van der Waals surface area contributed by atoms with Crippen LogP contribution < -0.4 is 0 Å². The number of hydrogen-bond acceptors (Lipinski definition) is 4. The fourth-order valence-electron chi connectivity index (χ4n) is 3.21. The minimum absolute atomic E-state index is 0. The summed E-state index contributed by atoms with van der Waals surface area (Å²) < 4.78 is 65.1. The molecule has 0 aliphatic carbocycles. The third kappa shape index (κ3) is 8.34. The maximum Gasteiger partial charge on any atom is 3.00 e. The first-order chi connectivity index (χ1) is 18.3. The van der Waals surface area contributed by atoms with Crippen molar-refractivity contribution >= 4 is 0 Å². The van der Waals surface area contributed by atoms with Gasteiger partial charge in [-0.1, -0.05) is 53.6 Å². The van der Waals surface area contributed by atoms with E-state index in [1.54, 1.807) is 67.0 Å². The Hall–Kier alpha value is -4.32. The Morgan fingerprint density at radius 1 is 0.667 bits per heavy atom. The molecule has 0 atom stereocenters. The van der Waals surface area contributed by atoms with Crippen LogP contribution >= 0.6 is 0 Å². The zero-order valence-corrected chi connectivity index (χ0v) is 22.1. The van der Waals surface area contributed by atoms with Crippen LogP contribution in [0.4, 0.5) is 22.0 Å². The average molecular weight is 708 g/mol. The Bertz CT molecular complexity index is 1420. The summed E-state index contributed by atoms with van der Waals surface area (Å²) in [7, 11) is 0. The first kappa shape index (κ1) is 30.9. The van der Waals surface area contributed by atoms with E-state index in [0.29, 0.717) is 22.6 Å². The second-order valence-corrected chi connectivity index (χ2v) is 7.35. The average Bonchev–Trinajstić information content (AvgIpc) is 2.96. The van der Waals surface area contributed by atoms with E-state index >= 15 is 0 Å². The third-order valence-corrected chi connectivity index (χ3v) is 4.89. The summed E-state index contributed by atoms with van der Waals surface area (Å²) in [6.45, 7) is 4.75. The molecule has 0 unspecified atom stereocenters. The second-order valence-electron chi connectivity index (χ2n) is 7.35. The van der Waals surface area contributed by atoms with Crippen molar-refractivity contribution in [3.63, 3.8) is 0 Å². The molecule has 0 amide bonds. The normalized spacial score (nSPS) is 10.1. The van der Waals surface area contributed by atoms with Crippen LogP contribution in [0.15, 0.2) is 97.5 Å². The minimum Gasteiger partial charge on any atom is -0.512 e. The fraction of sp³-hybridized carbons (Fsp3) is 0.0345. The molecule has 0 N–H and O–H groups in total. The fourth-order valence-corrected chi connectivity index (χ4v) is 3.21. The van der Waals surface area contributed by atoms with E-state index in [1.165, 1.54) is 12.3 Å². The summed E-state index contributed by atoms with van der Waals surface area (Å²) in [6, 6.07) is 24.9. The molecule has 196 valence electrons. The summed E-state index contributed by atoms with van der Waals surface area (Å²) >= 11 is 0. The molecule has 2 aromatic carbocycles. The molecule has 10 heteroatoms. The molecular formula is C29H16F5IrN4. The summed E-state index contributed by atoms with van der Waals surface area (Å²) in [4.78, 5) is 12.1. The molecule has 39 heavy (non-hydrogen) atoms. The van der Waals surface area contributed by atoms with Gasteiger partial charge in [0.15, 0.2) is 0 Å². The van der Waals surface area contributed by atoms with Gasteiger partial charge in [-0.25, -0.2) is 0 Å². The standard InChI is InChI=1S/C16H9F2N2.C12H7F3N.CN.Ir/c17-13-10-14(18)12(16-6-2-4-8-20-16)9-11(13)15-5-1-3-7-19-15;13-12(14,15)10-5-3-4-9(8-10)11-6-1-2-7-16-11;1-2;/h1-8,10H;1-3,5-8H;;/q3*-1;+3. The van der Waals surface area contributed by atoms with Crippen molar-refractivity contribution < 1.29 is 42.1 Å². The number of nitrogens with zero attached hydrogens (tertiary/aromatic N) is 4. The van der Waals surface area contributed by atoms with E-state index in [0.717, 1.165) is 18.2 Å². The van der Waals surface area contributed by atoms with E-state index in [2.05, 4.69) is 27.1 Å². The molecule has 0 bridgehead atoms. The van der Waals surface area contributed by atoms with Gasteiger partial charge in [0, 0.05) is 30.0 Å². The maximum absolute atomic E-state index is 13.9. The van der Waals surface area contributed by atoms with E-state index in [9.17, 15) is 22.0 Å². The molecular weight excluding hydrogens is 692 g/mol. The van der Waals surface area contributed by atoms with Crippen molar-refractivity contribution in [2.24, 2.45) is 0 Å². The summed E-state index contributed by atoms with van der Waals surface area (Å²) in [5.74, 6) is -1.39. The van der Waals surface area contributed by atoms with Crippen LogP contribution in [-0.4, -0.2) is 15.0 Å². The molecule has 0 fully saturated rings. The molecule has 0 saturated carbocycles. The Morgan fingerprint density at radius 3 is 1.54 bits per heavy atom. The van der Waals surface area contributed by atoms with E-state index in [1.807, 2.05) is 0 Å². The summed E-state index contributed by atoms with van der Waals surface area (Å²) in [6.07, 6.45) is 0.293. The number of alkyl halides is 3. The van der Waals surface area contributed by atoms with E-state index in [-0.39, 0.29) is 31.2 Å². The van der Waals surface area contributed by atoms with Gasteiger partial charge < -0.3 is 16.8 Å². The zero-order valence-electron chi connectivity index (χ0n) is 19.7. The van der Waals surface area contributed by atoms with Crippen LogP contribution in [0.5, 0.6) is 0 Å². The van der Waals surface area contributed by atoms with Crippen molar-refractivity contribution in [2.45, 2.75) is 6.18 Å². The van der Waals surface area contributed by atoms with Crippen LogP contribution in [0, 0.1) is 35.6 Å². The van der Waals surface area contributed by atoms with Gasteiger partial charge in [-0.3, -0.25) is 18.7 Å². The van der Waals surface area contributed by atoms with Gasteiger partial charge in [0.25, 0.3) is 0 Å². The van der Waals surface area contributed by atoms with Gasteiger partial charge in [-0.2, -0.15) is 13.2 Å². The van der Waals surface area contributed by atoms with Crippen LogP contribution in [0.25, 0.3) is 33.8 Å². The molecule has 5 aromatic rings. The van der Waals surface area contributed by atoms with Gasteiger partial charge in [-0.15, -0.1) is 35.9 Å². The summed E-state index contributed by atoms with van der Waals surface area (Å²) in [5, 5.41) is 6.25. The monoisotopic (exact) mass is 708 g/mol. The van der Waals surface area contributed by atoms with Gasteiger partial charge in [0.1, 0.15) is 0 Å². The molecule has 5 rings (SSSR count). The molecule has 0 aliphatic heterocycles. The molecule has 0 spiro atoms. The second kappa shape index (κ2) is 14.6. The Kier molecular flexibility index (Phi) is 11.5. The first-order valence-corrected chi connectivity index (χ1v) is 10.8. The number of pyridine rings is 3. The van der Waals surface area contributed by atoms with Gasteiger partial charge >= 0.3 is 26.3 Å².